The lowest BCUT2D eigenvalue weighted by Gasteiger charge is -2.41. The number of aliphatic hydroxyl groups excluding tert-OH is 4. The Morgan fingerprint density at radius 2 is 1.59 bits per heavy atom. The first-order valence-corrected chi connectivity index (χ1v) is 25.5. The zero-order valence-corrected chi connectivity index (χ0v) is 44.0. The van der Waals surface area contributed by atoms with E-state index in [0.29, 0.717) is 31.5 Å². The zero-order chi connectivity index (χ0) is 52.0. The van der Waals surface area contributed by atoms with E-state index in [4.69, 9.17) is 9.47 Å². The van der Waals surface area contributed by atoms with Crippen LogP contribution >= 0.6 is 11.3 Å². The molecule has 0 saturated carbocycles. The van der Waals surface area contributed by atoms with Crippen molar-refractivity contribution >= 4 is 35.0 Å². The highest BCUT2D eigenvalue weighted by molar-refractivity contribution is 7.09. The van der Waals surface area contributed by atoms with Crippen molar-refractivity contribution in [2.24, 2.45) is 23.7 Å². The maximum atomic E-state index is 14.7. The largest absolute Gasteiger partial charge is 0.389 e. The van der Waals surface area contributed by atoms with Gasteiger partial charge in [-0.25, -0.2) is 9.67 Å². The number of nitrogens with zero attached hydrogens (tertiary/aromatic N) is 7. The molecular formula is C50H81N9O10S. The second-order valence-corrected chi connectivity index (χ2v) is 20.7. The number of thiazole rings is 1. The second kappa shape index (κ2) is 27.4. The number of aliphatic hydroxyl groups is 4. The van der Waals surface area contributed by atoms with Gasteiger partial charge >= 0.3 is 0 Å². The number of rotatable bonds is 28. The van der Waals surface area contributed by atoms with Crippen LogP contribution in [0.2, 0.25) is 0 Å². The number of aromatic nitrogens is 4. The Labute approximate surface area is 418 Å². The highest BCUT2D eigenvalue weighted by atomic mass is 32.1. The predicted molar refractivity (Wildman–Crippen MR) is 266 cm³/mol. The van der Waals surface area contributed by atoms with Gasteiger partial charge in [-0.1, -0.05) is 90.4 Å². The molecule has 19 nitrogen and oxygen atoms in total. The van der Waals surface area contributed by atoms with E-state index < -0.39 is 66.6 Å². The van der Waals surface area contributed by atoms with E-state index in [1.807, 2.05) is 84.2 Å². The van der Waals surface area contributed by atoms with Crippen molar-refractivity contribution in [3.05, 3.63) is 64.4 Å². The summed E-state index contributed by atoms with van der Waals surface area (Å²) in [5.41, 5.74) is 1.67. The Morgan fingerprint density at radius 3 is 2.14 bits per heavy atom. The molecule has 1 aromatic carbocycles. The molecule has 1 fully saturated rings. The summed E-state index contributed by atoms with van der Waals surface area (Å²) in [6.07, 6.45) is -2.02. The number of aryl methyl sites for hydroxylation is 1. The van der Waals surface area contributed by atoms with Gasteiger partial charge in [0.15, 0.2) is 0 Å². The van der Waals surface area contributed by atoms with Crippen LogP contribution in [-0.4, -0.2) is 181 Å². The van der Waals surface area contributed by atoms with Crippen molar-refractivity contribution in [2.45, 2.75) is 161 Å². The standard InChI is InChI=1S/C50H81N9O10S/c1-13-31(6)43(57(10)50(67)41(29(2)3)53-48(66)42(30(4)5)56(9)27-37(60)44(63)45(64)38(61)28-58-26-32(7)54-55-58)39(68-11)25-40(62)59-22-17-20-36(59)46(69-12)33(8)47(65)52-35(49-51-21-23-70-49)24-34-18-15-14-16-19-34/h14-16,18-19,21,23,26,29-31,33,35-39,41-46,60-61,63-64H,13,17,20,22,24-25,27-28H2,1-12H3,(H,52,65)(H,53,66). The number of nitrogens with one attached hydrogen (secondary N) is 2. The van der Waals surface area contributed by atoms with Crippen LogP contribution in [0.1, 0.15) is 96.5 Å². The summed E-state index contributed by atoms with van der Waals surface area (Å²) in [6.45, 7) is 14.9. The fraction of sp³-hybridized carbons (Fsp3) is 0.700. The van der Waals surface area contributed by atoms with Gasteiger partial charge in [-0.05, 0) is 56.6 Å². The summed E-state index contributed by atoms with van der Waals surface area (Å²) >= 11 is 1.48. The molecular weight excluding hydrogens is 919 g/mol. The van der Waals surface area contributed by atoms with Crippen molar-refractivity contribution < 1.29 is 49.1 Å². The molecule has 1 aliphatic rings. The first kappa shape index (κ1) is 58.2. The van der Waals surface area contributed by atoms with Crippen LogP contribution in [0.4, 0.5) is 0 Å². The van der Waals surface area contributed by atoms with Crippen molar-refractivity contribution in [1.82, 2.24) is 45.3 Å². The van der Waals surface area contributed by atoms with Gasteiger partial charge in [0.2, 0.25) is 23.6 Å². The Balaban J connectivity index is 1.45. The number of hydrogen-bond acceptors (Lipinski definition) is 15. The summed E-state index contributed by atoms with van der Waals surface area (Å²) in [7, 11) is 6.36. The number of carbonyl (C=O) groups excluding carboxylic acids is 4. The first-order chi connectivity index (χ1) is 33.1. The minimum absolute atomic E-state index is 0.0429. The molecule has 0 radical (unpaired) electrons. The van der Waals surface area contributed by atoms with E-state index in [1.54, 1.807) is 55.2 Å². The molecule has 13 unspecified atom stereocenters. The summed E-state index contributed by atoms with van der Waals surface area (Å²) in [4.78, 5) is 66.8. The van der Waals surface area contributed by atoms with Gasteiger partial charge < -0.3 is 50.3 Å². The van der Waals surface area contributed by atoms with E-state index in [9.17, 15) is 39.6 Å². The number of amides is 4. The molecule has 1 aliphatic heterocycles. The number of carbonyl (C=O) groups is 4. The fourth-order valence-corrected chi connectivity index (χ4v) is 10.5. The third-order valence-corrected chi connectivity index (χ3v) is 14.7. The summed E-state index contributed by atoms with van der Waals surface area (Å²) in [6, 6.07) is 6.76. The predicted octanol–water partition coefficient (Wildman–Crippen LogP) is 2.60. The van der Waals surface area contributed by atoms with Crippen LogP contribution in [0.15, 0.2) is 48.1 Å². The smallest absolute Gasteiger partial charge is 0.245 e. The first-order valence-electron chi connectivity index (χ1n) is 24.6. The Hall–Kier alpha value is -4.41. The van der Waals surface area contributed by atoms with Gasteiger partial charge in [-0.15, -0.1) is 16.4 Å². The van der Waals surface area contributed by atoms with Crippen molar-refractivity contribution in [1.29, 1.82) is 0 Å². The molecule has 2 aromatic heterocycles. The Bertz CT molecular complexity index is 2060. The lowest BCUT2D eigenvalue weighted by Crippen LogP contribution is -2.60. The molecule has 392 valence electrons. The molecule has 6 N–H and O–H groups in total. The molecule has 20 heteroatoms. The fourth-order valence-electron chi connectivity index (χ4n) is 9.81. The van der Waals surface area contributed by atoms with Crippen LogP contribution < -0.4 is 10.6 Å². The monoisotopic (exact) mass is 1000 g/mol. The topological polar surface area (TPSA) is 245 Å². The van der Waals surface area contributed by atoms with E-state index in [1.165, 1.54) is 23.1 Å². The molecule has 3 aromatic rings. The average molecular weight is 1000 g/mol. The lowest BCUT2D eigenvalue weighted by molar-refractivity contribution is -0.148. The molecule has 3 heterocycles. The zero-order valence-electron chi connectivity index (χ0n) is 43.2. The van der Waals surface area contributed by atoms with Gasteiger partial charge in [-0.2, -0.15) is 0 Å². The molecule has 1 saturated heterocycles. The normalized spacial score (nSPS) is 19.4. The lowest BCUT2D eigenvalue weighted by atomic mass is 9.89. The van der Waals surface area contributed by atoms with Gasteiger partial charge in [0.1, 0.15) is 29.4 Å². The molecule has 4 rings (SSSR count). The second-order valence-electron chi connectivity index (χ2n) is 19.8. The van der Waals surface area contributed by atoms with Crippen LogP contribution in [-0.2, 0) is 41.6 Å². The summed E-state index contributed by atoms with van der Waals surface area (Å²) < 4.78 is 13.5. The van der Waals surface area contributed by atoms with E-state index in [-0.39, 0.29) is 67.1 Å². The summed E-state index contributed by atoms with van der Waals surface area (Å²) in [5, 5.41) is 59.7. The van der Waals surface area contributed by atoms with Gasteiger partial charge in [-0.3, -0.25) is 24.1 Å². The molecule has 4 amide bonds. The van der Waals surface area contributed by atoms with E-state index in [2.05, 4.69) is 25.9 Å². The number of methoxy groups -OCH3 is 2. The molecule has 0 aliphatic carbocycles. The minimum atomic E-state index is -1.76. The van der Waals surface area contributed by atoms with E-state index >= 15 is 0 Å². The number of ether oxygens (including phenoxy) is 2. The average Bonchev–Trinajstić information content (AvgIpc) is 4.13. The highest BCUT2D eigenvalue weighted by Gasteiger charge is 2.44. The van der Waals surface area contributed by atoms with Crippen LogP contribution in [0.5, 0.6) is 0 Å². The molecule has 13 atom stereocenters. The van der Waals surface area contributed by atoms with Gasteiger partial charge in [0, 0.05) is 52.1 Å². The number of hydrogen-bond donors (Lipinski definition) is 6. The van der Waals surface area contributed by atoms with Crippen LogP contribution in [0.3, 0.4) is 0 Å². The minimum Gasteiger partial charge on any atom is -0.389 e. The number of likely N-dealkylation sites (N-methyl/N-ethyl adjacent to an activating group) is 2. The maximum absolute atomic E-state index is 14.7. The van der Waals surface area contributed by atoms with Gasteiger partial charge in [0.05, 0.1) is 67.1 Å². The highest BCUT2D eigenvalue weighted by Crippen LogP contribution is 2.31. The quantitative estimate of drug-likeness (QED) is 0.0613. The SMILES string of the molecule is CCC(C)C(C(CC(=O)N1CCCC1C(OC)C(C)C(=O)NC(Cc1ccccc1)c1nccs1)OC)N(C)C(=O)C(NC(=O)C(C(C)C)N(C)CC(O)C(O)C(O)C(O)Cn1cc(C)nn1)C(C)C. The third kappa shape index (κ3) is 15.3. The number of benzene rings is 1. The number of likely N-dealkylation sites (tertiary alicyclic amines) is 1. The maximum Gasteiger partial charge on any atom is 0.245 e. The Morgan fingerprint density at radius 1 is 0.914 bits per heavy atom. The molecule has 0 bridgehead atoms. The van der Waals surface area contributed by atoms with Crippen molar-refractivity contribution in [3.63, 3.8) is 0 Å². The third-order valence-electron chi connectivity index (χ3n) is 13.9. The van der Waals surface area contributed by atoms with Crippen LogP contribution in [0, 0.1) is 30.6 Å². The molecule has 0 spiro atoms. The van der Waals surface area contributed by atoms with E-state index in [0.717, 1.165) is 17.0 Å². The Kier molecular flexibility index (Phi) is 22.8. The summed E-state index contributed by atoms with van der Waals surface area (Å²) in [5.74, 6) is -2.65. The van der Waals surface area contributed by atoms with Crippen LogP contribution in [0.25, 0.3) is 0 Å². The molecule has 70 heavy (non-hydrogen) atoms. The van der Waals surface area contributed by atoms with Crippen molar-refractivity contribution in [3.8, 4) is 0 Å². The van der Waals surface area contributed by atoms with Gasteiger partial charge in [0.25, 0.3) is 0 Å². The van der Waals surface area contributed by atoms with Crippen molar-refractivity contribution in [2.75, 3.05) is 41.4 Å².